The van der Waals surface area contributed by atoms with Crippen molar-refractivity contribution in [2.24, 2.45) is 0 Å². The van der Waals surface area contributed by atoms with E-state index in [1.807, 2.05) is 54.6 Å². The van der Waals surface area contributed by atoms with Gasteiger partial charge in [0.05, 0.1) is 3.57 Å². The molecule has 6 heteroatoms. The summed E-state index contributed by atoms with van der Waals surface area (Å²) >= 11 is 2.19. The zero-order valence-corrected chi connectivity index (χ0v) is 17.9. The molecule has 2 N–H and O–H groups in total. The SMILES string of the molecule is O=C(/C=C/c1ccccc1)N/C(=C\c1ccc(Oc2ccccc2I)cc1)C(=O)O. The van der Waals surface area contributed by atoms with Gasteiger partial charge < -0.3 is 15.2 Å². The summed E-state index contributed by atoms with van der Waals surface area (Å²) in [5, 5.41) is 11.8. The molecule has 0 saturated heterocycles. The number of para-hydroxylation sites is 1. The highest BCUT2D eigenvalue weighted by Gasteiger charge is 2.10. The molecule has 0 aromatic heterocycles. The zero-order chi connectivity index (χ0) is 21.3. The summed E-state index contributed by atoms with van der Waals surface area (Å²) < 4.78 is 6.82. The lowest BCUT2D eigenvalue weighted by atomic mass is 10.1. The normalized spacial score (nSPS) is 11.3. The van der Waals surface area contributed by atoms with Gasteiger partial charge >= 0.3 is 5.97 Å². The van der Waals surface area contributed by atoms with Gasteiger partial charge in [0.2, 0.25) is 5.91 Å². The molecule has 0 aliphatic heterocycles. The molecule has 0 bridgehead atoms. The summed E-state index contributed by atoms with van der Waals surface area (Å²) in [4.78, 5) is 23.6. The highest BCUT2D eigenvalue weighted by molar-refractivity contribution is 14.1. The number of carbonyl (C=O) groups is 2. The van der Waals surface area contributed by atoms with Crippen molar-refractivity contribution in [3.63, 3.8) is 0 Å². The van der Waals surface area contributed by atoms with E-state index < -0.39 is 11.9 Å². The Bertz CT molecular complexity index is 1090. The van der Waals surface area contributed by atoms with Crippen LogP contribution in [-0.2, 0) is 9.59 Å². The fourth-order valence-electron chi connectivity index (χ4n) is 2.51. The molecule has 0 aliphatic carbocycles. The van der Waals surface area contributed by atoms with E-state index in [2.05, 4.69) is 27.9 Å². The van der Waals surface area contributed by atoms with Gasteiger partial charge in [-0.05, 0) is 70.1 Å². The van der Waals surface area contributed by atoms with Crippen molar-refractivity contribution >= 4 is 46.6 Å². The number of nitrogens with one attached hydrogen (secondary N) is 1. The van der Waals surface area contributed by atoms with Crippen LogP contribution in [-0.4, -0.2) is 17.0 Å². The smallest absolute Gasteiger partial charge is 0.352 e. The van der Waals surface area contributed by atoms with Crippen molar-refractivity contribution in [3.8, 4) is 11.5 Å². The van der Waals surface area contributed by atoms with E-state index in [0.29, 0.717) is 11.3 Å². The number of carboxylic acid groups (broad SMARTS) is 1. The van der Waals surface area contributed by atoms with Crippen LogP contribution in [0.4, 0.5) is 0 Å². The van der Waals surface area contributed by atoms with Gasteiger partial charge in [0.1, 0.15) is 17.2 Å². The molecule has 3 aromatic carbocycles. The summed E-state index contributed by atoms with van der Waals surface area (Å²) in [5.41, 5.74) is 1.25. The van der Waals surface area contributed by atoms with E-state index in [1.54, 1.807) is 30.3 Å². The predicted octanol–water partition coefficient (Wildman–Crippen LogP) is 5.34. The number of carboxylic acids is 1. The third-order valence-electron chi connectivity index (χ3n) is 3.97. The van der Waals surface area contributed by atoms with Crippen molar-refractivity contribution in [1.82, 2.24) is 5.32 Å². The zero-order valence-electron chi connectivity index (χ0n) is 15.8. The monoisotopic (exact) mass is 511 g/mol. The summed E-state index contributed by atoms with van der Waals surface area (Å²) in [6.07, 6.45) is 4.31. The average molecular weight is 511 g/mol. The van der Waals surface area contributed by atoms with E-state index in [-0.39, 0.29) is 5.70 Å². The molecule has 0 unspecified atom stereocenters. The first-order valence-corrected chi connectivity index (χ1v) is 10.1. The number of hydrogen-bond donors (Lipinski definition) is 2. The van der Waals surface area contributed by atoms with Crippen LogP contribution in [0, 0.1) is 3.57 Å². The van der Waals surface area contributed by atoms with E-state index in [1.165, 1.54) is 12.2 Å². The van der Waals surface area contributed by atoms with Crippen LogP contribution in [0.15, 0.2) is 90.6 Å². The molecule has 0 saturated carbocycles. The molecule has 0 fully saturated rings. The van der Waals surface area contributed by atoms with Crippen molar-refractivity contribution in [2.75, 3.05) is 0 Å². The molecule has 3 aromatic rings. The first-order chi connectivity index (χ1) is 14.5. The van der Waals surface area contributed by atoms with E-state index in [0.717, 1.165) is 14.9 Å². The lowest BCUT2D eigenvalue weighted by molar-refractivity contribution is -0.134. The minimum atomic E-state index is -1.23. The summed E-state index contributed by atoms with van der Waals surface area (Å²) in [6, 6.07) is 23.8. The molecular formula is C24H18INO4. The highest BCUT2D eigenvalue weighted by Crippen LogP contribution is 2.26. The fraction of sp³-hybridized carbons (Fsp3) is 0. The van der Waals surface area contributed by atoms with Crippen LogP contribution in [0.2, 0.25) is 0 Å². The molecule has 0 atom stereocenters. The van der Waals surface area contributed by atoms with Crippen molar-refractivity contribution in [3.05, 3.63) is 105 Å². The van der Waals surface area contributed by atoms with Gasteiger partial charge in [-0.3, -0.25) is 4.79 Å². The van der Waals surface area contributed by atoms with Crippen LogP contribution < -0.4 is 10.1 Å². The first-order valence-electron chi connectivity index (χ1n) is 9.03. The standard InChI is InChI=1S/C24H18INO4/c25-20-8-4-5-9-22(20)30-19-13-10-18(11-14-19)16-21(24(28)29)26-23(27)15-12-17-6-2-1-3-7-17/h1-16H,(H,26,27)(H,28,29)/b15-12+,21-16-. The Labute approximate surface area is 187 Å². The Morgan fingerprint density at radius 2 is 1.53 bits per heavy atom. The number of aliphatic carboxylic acids is 1. The van der Waals surface area contributed by atoms with Gasteiger partial charge in [0, 0.05) is 6.08 Å². The van der Waals surface area contributed by atoms with Gasteiger partial charge in [0.15, 0.2) is 0 Å². The number of ether oxygens (including phenoxy) is 1. The van der Waals surface area contributed by atoms with Gasteiger partial charge in [-0.1, -0.05) is 54.6 Å². The lowest BCUT2D eigenvalue weighted by Crippen LogP contribution is -2.25. The molecule has 5 nitrogen and oxygen atoms in total. The highest BCUT2D eigenvalue weighted by atomic mass is 127. The topological polar surface area (TPSA) is 75.6 Å². The minimum absolute atomic E-state index is 0.219. The Hall–Kier alpha value is -3.39. The van der Waals surface area contributed by atoms with Crippen LogP contribution in [0.1, 0.15) is 11.1 Å². The number of benzene rings is 3. The Morgan fingerprint density at radius 3 is 2.20 bits per heavy atom. The first kappa shape index (κ1) is 21.3. The van der Waals surface area contributed by atoms with Crippen molar-refractivity contribution in [1.29, 1.82) is 0 Å². The van der Waals surface area contributed by atoms with Crippen molar-refractivity contribution in [2.45, 2.75) is 0 Å². The molecule has 0 radical (unpaired) electrons. The number of rotatable bonds is 7. The maximum atomic E-state index is 12.1. The quantitative estimate of drug-likeness (QED) is 0.332. The third-order valence-corrected chi connectivity index (χ3v) is 4.86. The van der Waals surface area contributed by atoms with E-state index in [4.69, 9.17) is 4.74 Å². The predicted molar refractivity (Wildman–Crippen MR) is 125 cm³/mol. The Morgan fingerprint density at radius 1 is 0.867 bits per heavy atom. The molecule has 3 rings (SSSR count). The second kappa shape index (κ2) is 10.4. The number of carbonyl (C=O) groups excluding carboxylic acids is 1. The molecule has 0 heterocycles. The van der Waals surface area contributed by atoms with Gasteiger partial charge in [-0.25, -0.2) is 4.79 Å². The molecule has 0 aliphatic rings. The maximum Gasteiger partial charge on any atom is 0.352 e. The van der Waals surface area contributed by atoms with E-state index >= 15 is 0 Å². The van der Waals surface area contributed by atoms with Crippen LogP contribution in [0.3, 0.4) is 0 Å². The van der Waals surface area contributed by atoms with Crippen LogP contribution in [0.25, 0.3) is 12.2 Å². The third kappa shape index (κ3) is 6.31. The van der Waals surface area contributed by atoms with Gasteiger partial charge in [0.25, 0.3) is 0 Å². The molecule has 0 spiro atoms. The van der Waals surface area contributed by atoms with Crippen molar-refractivity contribution < 1.29 is 19.4 Å². The number of amides is 1. The Balaban J connectivity index is 1.69. The lowest BCUT2D eigenvalue weighted by Gasteiger charge is -2.08. The number of halogens is 1. The largest absolute Gasteiger partial charge is 0.477 e. The van der Waals surface area contributed by atoms with E-state index in [9.17, 15) is 14.7 Å². The summed E-state index contributed by atoms with van der Waals surface area (Å²) in [6.45, 7) is 0. The second-order valence-electron chi connectivity index (χ2n) is 6.20. The van der Waals surface area contributed by atoms with Crippen LogP contribution in [0.5, 0.6) is 11.5 Å². The second-order valence-corrected chi connectivity index (χ2v) is 7.36. The molecule has 150 valence electrons. The van der Waals surface area contributed by atoms with Crippen LogP contribution >= 0.6 is 22.6 Å². The van der Waals surface area contributed by atoms with Gasteiger partial charge in [-0.15, -0.1) is 0 Å². The average Bonchev–Trinajstić information content (AvgIpc) is 2.75. The molecule has 1 amide bonds. The fourth-order valence-corrected chi connectivity index (χ4v) is 3.01. The minimum Gasteiger partial charge on any atom is -0.477 e. The maximum absolute atomic E-state index is 12.1. The Kier molecular flexibility index (Phi) is 7.40. The summed E-state index contributed by atoms with van der Waals surface area (Å²) in [7, 11) is 0. The number of hydrogen-bond acceptors (Lipinski definition) is 3. The summed E-state index contributed by atoms with van der Waals surface area (Å²) in [5.74, 6) is -0.380. The van der Waals surface area contributed by atoms with Gasteiger partial charge in [-0.2, -0.15) is 0 Å². The molecular weight excluding hydrogens is 493 g/mol. The molecule has 30 heavy (non-hydrogen) atoms.